The Kier molecular flexibility index (Phi) is 6.00. The van der Waals surface area contributed by atoms with E-state index in [1.54, 1.807) is 10.4 Å². The number of carbonyl (C=O) groups excluding carboxylic acids is 3. The topological polar surface area (TPSA) is 98.7 Å². The SMILES string of the molecule is CC(C)C[C@@]1(CC(=O)NO)CCN([C@@H](C(=O)NC2CC2)C(C)(C)C)C1=O. The van der Waals surface area contributed by atoms with E-state index in [9.17, 15) is 14.4 Å². The Morgan fingerprint density at radius 1 is 1.31 bits per heavy atom. The molecule has 0 aromatic rings. The second-order valence-electron chi connectivity index (χ2n) is 9.39. The van der Waals surface area contributed by atoms with Crippen LogP contribution in [0.2, 0.25) is 0 Å². The van der Waals surface area contributed by atoms with Gasteiger partial charge < -0.3 is 10.2 Å². The van der Waals surface area contributed by atoms with Crippen LogP contribution in [-0.2, 0) is 14.4 Å². The summed E-state index contributed by atoms with van der Waals surface area (Å²) in [6.07, 6.45) is 2.99. The molecular weight excluding hydrogens is 334 g/mol. The number of likely N-dealkylation sites (tertiary alicyclic amines) is 1. The lowest BCUT2D eigenvalue weighted by molar-refractivity contribution is -0.149. The van der Waals surface area contributed by atoms with Crippen molar-refractivity contribution in [3.8, 4) is 0 Å². The molecule has 2 aliphatic rings. The van der Waals surface area contributed by atoms with Gasteiger partial charge in [0.2, 0.25) is 17.7 Å². The molecular formula is C19H33N3O4. The highest BCUT2D eigenvalue weighted by molar-refractivity contribution is 5.94. The van der Waals surface area contributed by atoms with E-state index in [4.69, 9.17) is 5.21 Å². The van der Waals surface area contributed by atoms with Gasteiger partial charge in [-0.2, -0.15) is 0 Å². The van der Waals surface area contributed by atoms with Gasteiger partial charge in [0.05, 0.1) is 5.41 Å². The van der Waals surface area contributed by atoms with Crippen LogP contribution in [0.1, 0.15) is 66.7 Å². The number of carbonyl (C=O) groups is 3. The first-order chi connectivity index (χ1) is 12.0. The fraction of sp³-hybridized carbons (Fsp3) is 0.842. The lowest BCUT2D eigenvalue weighted by Crippen LogP contribution is -2.56. The van der Waals surface area contributed by atoms with Crippen molar-refractivity contribution in [2.75, 3.05) is 6.54 Å². The number of hydroxylamine groups is 1. The molecule has 0 aromatic carbocycles. The average molecular weight is 367 g/mol. The van der Waals surface area contributed by atoms with Gasteiger partial charge in [-0.25, -0.2) is 5.48 Å². The molecule has 1 aliphatic carbocycles. The molecule has 2 rings (SSSR count). The summed E-state index contributed by atoms with van der Waals surface area (Å²) in [5.41, 5.74) is 0.381. The molecule has 2 atom stereocenters. The van der Waals surface area contributed by atoms with Crippen molar-refractivity contribution in [3.05, 3.63) is 0 Å². The molecule has 148 valence electrons. The van der Waals surface area contributed by atoms with Crippen molar-refractivity contribution in [3.63, 3.8) is 0 Å². The van der Waals surface area contributed by atoms with Crippen LogP contribution in [0.25, 0.3) is 0 Å². The smallest absolute Gasteiger partial charge is 0.244 e. The number of rotatable bonds is 7. The minimum Gasteiger partial charge on any atom is -0.352 e. The van der Waals surface area contributed by atoms with Crippen molar-refractivity contribution in [2.24, 2.45) is 16.7 Å². The summed E-state index contributed by atoms with van der Waals surface area (Å²) < 4.78 is 0. The second-order valence-corrected chi connectivity index (χ2v) is 9.39. The minimum atomic E-state index is -0.857. The number of hydrogen-bond donors (Lipinski definition) is 3. The first-order valence-electron chi connectivity index (χ1n) is 9.54. The zero-order valence-corrected chi connectivity index (χ0v) is 16.6. The molecule has 3 N–H and O–H groups in total. The van der Waals surface area contributed by atoms with E-state index in [1.165, 1.54) is 0 Å². The highest BCUT2D eigenvalue weighted by atomic mass is 16.5. The minimum absolute atomic E-state index is 0.0574. The fourth-order valence-electron chi connectivity index (χ4n) is 4.16. The lowest BCUT2D eigenvalue weighted by Gasteiger charge is -2.38. The Morgan fingerprint density at radius 3 is 2.38 bits per heavy atom. The van der Waals surface area contributed by atoms with Crippen molar-refractivity contribution in [2.45, 2.75) is 78.8 Å². The van der Waals surface area contributed by atoms with E-state index in [-0.39, 0.29) is 30.2 Å². The van der Waals surface area contributed by atoms with Crippen LogP contribution in [-0.4, -0.2) is 46.5 Å². The average Bonchev–Trinajstić information content (AvgIpc) is 3.26. The molecule has 0 aromatic heterocycles. The second kappa shape index (κ2) is 7.55. The van der Waals surface area contributed by atoms with Crippen LogP contribution in [0.5, 0.6) is 0 Å². The summed E-state index contributed by atoms with van der Waals surface area (Å²) in [5, 5.41) is 12.0. The van der Waals surface area contributed by atoms with Gasteiger partial charge in [0, 0.05) is 19.0 Å². The van der Waals surface area contributed by atoms with E-state index in [0.717, 1.165) is 12.8 Å². The number of hydrogen-bond acceptors (Lipinski definition) is 4. The third-order valence-electron chi connectivity index (χ3n) is 5.27. The molecule has 7 heteroatoms. The molecule has 0 radical (unpaired) electrons. The summed E-state index contributed by atoms with van der Waals surface area (Å²) in [6, 6.07) is -0.340. The maximum atomic E-state index is 13.4. The Morgan fingerprint density at radius 2 is 1.92 bits per heavy atom. The molecule has 0 unspecified atom stereocenters. The third-order valence-corrected chi connectivity index (χ3v) is 5.27. The number of nitrogens with one attached hydrogen (secondary N) is 2. The number of amides is 3. The third kappa shape index (κ3) is 4.55. The van der Waals surface area contributed by atoms with E-state index in [0.29, 0.717) is 19.4 Å². The summed E-state index contributed by atoms with van der Waals surface area (Å²) in [4.78, 5) is 39.8. The molecule has 1 saturated carbocycles. The van der Waals surface area contributed by atoms with Gasteiger partial charge >= 0.3 is 0 Å². The Hall–Kier alpha value is -1.63. The fourth-order valence-corrected chi connectivity index (χ4v) is 4.16. The largest absolute Gasteiger partial charge is 0.352 e. The van der Waals surface area contributed by atoms with Crippen LogP contribution in [0.15, 0.2) is 0 Å². The molecule has 26 heavy (non-hydrogen) atoms. The summed E-state index contributed by atoms with van der Waals surface area (Å²) in [7, 11) is 0. The first kappa shape index (κ1) is 20.7. The zero-order chi connectivity index (χ0) is 19.7. The number of nitrogens with zero attached hydrogens (tertiary/aromatic N) is 1. The quantitative estimate of drug-likeness (QED) is 0.472. The highest BCUT2D eigenvalue weighted by Crippen LogP contribution is 2.44. The van der Waals surface area contributed by atoms with E-state index >= 15 is 0 Å². The summed E-state index contributed by atoms with van der Waals surface area (Å²) >= 11 is 0. The zero-order valence-electron chi connectivity index (χ0n) is 16.6. The molecule has 0 spiro atoms. The Bertz CT molecular complexity index is 566. The van der Waals surface area contributed by atoms with Gasteiger partial charge in [0.1, 0.15) is 6.04 Å². The Labute approximate surface area is 155 Å². The van der Waals surface area contributed by atoms with Gasteiger partial charge in [0.25, 0.3) is 0 Å². The normalized spacial score (nSPS) is 24.7. The van der Waals surface area contributed by atoms with Crippen LogP contribution >= 0.6 is 0 Å². The van der Waals surface area contributed by atoms with Crippen molar-refractivity contribution >= 4 is 17.7 Å². The molecule has 1 saturated heterocycles. The highest BCUT2D eigenvalue weighted by Gasteiger charge is 2.53. The molecule has 0 bridgehead atoms. The van der Waals surface area contributed by atoms with Gasteiger partial charge in [-0.1, -0.05) is 34.6 Å². The standard InChI is InChI=1S/C19H33N3O4/c1-12(2)10-19(11-14(23)21-26)8-9-22(17(19)25)15(18(3,4)5)16(24)20-13-6-7-13/h12-13,15,26H,6-11H2,1-5H3,(H,20,24)(H,21,23)/t15-,19+/m0/s1. The molecule has 1 heterocycles. The van der Waals surface area contributed by atoms with E-state index in [2.05, 4.69) is 5.32 Å². The van der Waals surface area contributed by atoms with Crippen LogP contribution in [0.3, 0.4) is 0 Å². The van der Waals surface area contributed by atoms with Crippen molar-refractivity contribution in [1.82, 2.24) is 15.7 Å². The van der Waals surface area contributed by atoms with Gasteiger partial charge in [0.15, 0.2) is 0 Å². The lowest BCUT2D eigenvalue weighted by atomic mass is 9.75. The van der Waals surface area contributed by atoms with Crippen LogP contribution in [0.4, 0.5) is 0 Å². The first-order valence-corrected chi connectivity index (χ1v) is 9.54. The summed E-state index contributed by atoms with van der Waals surface area (Å²) in [5.74, 6) is -0.602. The predicted molar refractivity (Wildman–Crippen MR) is 97.2 cm³/mol. The maximum absolute atomic E-state index is 13.4. The molecule has 2 fully saturated rings. The van der Waals surface area contributed by atoms with Gasteiger partial charge in [-0.3, -0.25) is 19.6 Å². The summed E-state index contributed by atoms with van der Waals surface area (Å²) in [6.45, 7) is 10.3. The predicted octanol–water partition coefficient (Wildman–Crippen LogP) is 1.84. The molecule has 7 nitrogen and oxygen atoms in total. The van der Waals surface area contributed by atoms with E-state index < -0.39 is 22.8 Å². The molecule has 3 amide bonds. The van der Waals surface area contributed by atoms with Crippen LogP contribution < -0.4 is 10.8 Å². The van der Waals surface area contributed by atoms with Gasteiger partial charge in [-0.15, -0.1) is 0 Å². The van der Waals surface area contributed by atoms with E-state index in [1.807, 2.05) is 34.6 Å². The Balaban J connectivity index is 2.28. The maximum Gasteiger partial charge on any atom is 0.244 e. The van der Waals surface area contributed by atoms with Crippen molar-refractivity contribution < 1.29 is 19.6 Å². The van der Waals surface area contributed by atoms with Gasteiger partial charge in [-0.05, 0) is 37.0 Å². The molecule has 1 aliphatic heterocycles. The monoisotopic (exact) mass is 367 g/mol. The van der Waals surface area contributed by atoms with Crippen LogP contribution in [0, 0.1) is 16.7 Å². The van der Waals surface area contributed by atoms with Crippen molar-refractivity contribution in [1.29, 1.82) is 0 Å².